The quantitative estimate of drug-likeness (QED) is 0.417. The first-order valence-electron chi connectivity index (χ1n) is 8.31. The first-order chi connectivity index (χ1) is 13.1. The van der Waals surface area contributed by atoms with Crippen molar-refractivity contribution in [3.63, 3.8) is 0 Å². The maximum atomic E-state index is 12.2. The van der Waals surface area contributed by atoms with E-state index in [2.05, 4.69) is 10.3 Å². The Hall–Kier alpha value is -2.09. The molecular formula is C19H17ClN2O3S2. The molecule has 8 heteroatoms. The molecule has 3 rings (SSSR count). The Kier molecular flexibility index (Phi) is 6.71. The summed E-state index contributed by atoms with van der Waals surface area (Å²) in [6.07, 6.45) is 0.725. The van der Waals surface area contributed by atoms with Crippen molar-refractivity contribution >= 4 is 62.5 Å². The van der Waals surface area contributed by atoms with E-state index in [4.69, 9.17) is 16.3 Å². The Bertz CT molecular complexity index is 941. The molecule has 3 aromatic rings. The zero-order chi connectivity index (χ0) is 19.2. The Balaban J connectivity index is 1.61. The standard InChI is InChI=1S/C19H17ClN2O3S2/c1-2-9-25-18(24)13-10-12(7-8-14(13)20)21-17(23)11-26-19-22-15-5-3-4-6-16(15)27-19/h3-8,10H,2,9,11H2,1H3,(H,21,23). The SMILES string of the molecule is CCCOC(=O)c1cc(NC(=O)CSc2nc3ccccc3s2)ccc1Cl. The van der Waals surface area contributed by atoms with Crippen molar-refractivity contribution in [1.29, 1.82) is 0 Å². The maximum Gasteiger partial charge on any atom is 0.339 e. The summed E-state index contributed by atoms with van der Waals surface area (Å²) in [6.45, 7) is 2.24. The second-order valence-corrected chi connectivity index (χ2v) is 8.28. The van der Waals surface area contributed by atoms with E-state index in [0.717, 1.165) is 21.0 Å². The van der Waals surface area contributed by atoms with Gasteiger partial charge in [-0.25, -0.2) is 9.78 Å². The number of halogens is 1. The molecule has 27 heavy (non-hydrogen) atoms. The molecule has 1 heterocycles. The predicted octanol–water partition coefficient (Wildman–Crippen LogP) is 5.25. The highest BCUT2D eigenvalue weighted by Gasteiger charge is 2.14. The number of rotatable bonds is 7. The lowest BCUT2D eigenvalue weighted by Gasteiger charge is -2.09. The van der Waals surface area contributed by atoms with Crippen LogP contribution in [0.25, 0.3) is 10.2 Å². The molecule has 0 saturated carbocycles. The van der Waals surface area contributed by atoms with Crippen LogP contribution in [0, 0.1) is 0 Å². The third kappa shape index (κ3) is 5.22. The molecule has 1 amide bonds. The number of nitrogens with one attached hydrogen (secondary N) is 1. The number of hydrogen-bond acceptors (Lipinski definition) is 6. The van der Waals surface area contributed by atoms with Crippen LogP contribution in [0.5, 0.6) is 0 Å². The second-order valence-electron chi connectivity index (χ2n) is 5.61. The molecule has 0 saturated heterocycles. The minimum absolute atomic E-state index is 0.186. The van der Waals surface area contributed by atoms with Gasteiger partial charge in [0.1, 0.15) is 0 Å². The molecule has 140 valence electrons. The minimum atomic E-state index is -0.498. The molecule has 0 atom stereocenters. The van der Waals surface area contributed by atoms with Crippen LogP contribution in [0.3, 0.4) is 0 Å². The van der Waals surface area contributed by atoms with E-state index >= 15 is 0 Å². The van der Waals surface area contributed by atoms with Crippen LogP contribution in [-0.2, 0) is 9.53 Å². The number of para-hydroxylation sites is 1. The van der Waals surface area contributed by atoms with Crippen molar-refractivity contribution in [3.05, 3.63) is 53.1 Å². The fourth-order valence-electron chi connectivity index (χ4n) is 2.27. The summed E-state index contributed by atoms with van der Waals surface area (Å²) in [4.78, 5) is 28.8. The van der Waals surface area contributed by atoms with Crippen LogP contribution in [0.15, 0.2) is 46.8 Å². The van der Waals surface area contributed by atoms with E-state index in [9.17, 15) is 9.59 Å². The summed E-state index contributed by atoms with van der Waals surface area (Å²) >= 11 is 8.99. The van der Waals surface area contributed by atoms with Gasteiger partial charge in [0.25, 0.3) is 0 Å². The lowest BCUT2D eigenvalue weighted by atomic mass is 10.2. The van der Waals surface area contributed by atoms with E-state index in [1.807, 2.05) is 31.2 Å². The summed E-state index contributed by atoms with van der Waals surface area (Å²) in [6, 6.07) is 12.6. The number of anilines is 1. The topological polar surface area (TPSA) is 68.3 Å². The summed E-state index contributed by atoms with van der Waals surface area (Å²) in [5, 5.41) is 3.06. The highest BCUT2D eigenvalue weighted by atomic mass is 35.5. The molecular weight excluding hydrogens is 404 g/mol. The fourth-order valence-corrected chi connectivity index (χ4v) is 4.33. The third-order valence-electron chi connectivity index (χ3n) is 3.51. The van der Waals surface area contributed by atoms with Gasteiger partial charge < -0.3 is 10.1 Å². The van der Waals surface area contributed by atoms with Gasteiger partial charge in [-0.05, 0) is 36.8 Å². The van der Waals surface area contributed by atoms with E-state index in [1.165, 1.54) is 17.8 Å². The van der Waals surface area contributed by atoms with Crippen LogP contribution in [-0.4, -0.2) is 29.2 Å². The Morgan fingerprint density at radius 2 is 2.07 bits per heavy atom. The number of ether oxygens (including phenoxy) is 1. The fraction of sp³-hybridized carbons (Fsp3) is 0.211. The highest BCUT2D eigenvalue weighted by Crippen LogP contribution is 2.29. The van der Waals surface area contributed by atoms with Crippen LogP contribution in [0.1, 0.15) is 23.7 Å². The van der Waals surface area contributed by atoms with Gasteiger partial charge in [0, 0.05) is 5.69 Å². The third-order valence-corrected chi connectivity index (χ3v) is 6.02. The molecule has 0 aliphatic carbocycles. The molecule has 0 spiro atoms. The van der Waals surface area contributed by atoms with Gasteiger partial charge >= 0.3 is 5.97 Å². The summed E-state index contributed by atoms with van der Waals surface area (Å²) in [5.74, 6) is -0.464. The zero-order valence-electron chi connectivity index (χ0n) is 14.5. The average Bonchev–Trinajstić information content (AvgIpc) is 3.09. The maximum absolute atomic E-state index is 12.2. The molecule has 1 N–H and O–H groups in total. The number of aromatic nitrogens is 1. The molecule has 0 aliphatic heterocycles. The molecule has 0 radical (unpaired) electrons. The van der Waals surface area contributed by atoms with Crippen LogP contribution in [0.4, 0.5) is 5.69 Å². The zero-order valence-corrected chi connectivity index (χ0v) is 16.9. The van der Waals surface area contributed by atoms with Crippen LogP contribution >= 0.6 is 34.7 Å². The van der Waals surface area contributed by atoms with Gasteiger partial charge in [0.05, 0.1) is 33.2 Å². The minimum Gasteiger partial charge on any atom is -0.462 e. The molecule has 5 nitrogen and oxygen atoms in total. The van der Waals surface area contributed by atoms with Gasteiger partial charge in [-0.15, -0.1) is 11.3 Å². The monoisotopic (exact) mass is 420 g/mol. The molecule has 0 fully saturated rings. The van der Waals surface area contributed by atoms with Crippen molar-refractivity contribution in [2.75, 3.05) is 17.7 Å². The van der Waals surface area contributed by atoms with Gasteiger partial charge in [0.2, 0.25) is 5.91 Å². The first kappa shape index (κ1) is 19.7. The van der Waals surface area contributed by atoms with Crippen LogP contribution in [0.2, 0.25) is 5.02 Å². The largest absolute Gasteiger partial charge is 0.462 e. The Labute approximate surface area is 170 Å². The smallest absolute Gasteiger partial charge is 0.339 e. The van der Waals surface area contributed by atoms with Crippen molar-refractivity contribution in [2.45, 2.75) is 17.7 Å². The van der Waals surface area contributed by atoms with E-state index < -0.39 is 5.97 Å². The number of hydrogen-bond donors (Lipinski definition) is 1. The van der Waals surface area contributed by atoms with Gasteiger partial charge in [-0.2, -0.15) is 0 Å². The summed E-state index contributed by atoms with van der Waals surface area (Å²) < 4.78 is 7.04. The molecule has 0 bridgehead atoms. The molecule has 2 aromatic carbocycles. The molecule has 0 aliphatic rings. The van der Waals surface area contributed by atoms with E-state index in [0.29, 0.717) is 12.3 Å². The van der Waals surface area contributed by atoms with Crippen molar-refractivity contribution in [1.82, 2.24) is 4.98 Å². The second kappa shape index (κ2) is 9.21. The summed E-state index contributed by atoms with van der Waals surface area (Å²) in [5.41, 5.74) is 1.66. The first-order valence-corrected chi connectivity index (χ1v) is 10.5. The van der Waals surface area contributed by atoms with Crippen molar-refractivity contribution in [3.8, 4) is 0 Å². The van der Waals surface area contributed by atoms with E-state index in [1.54, 1.807) is 23.5 Å². The van der Waals surface area contributed by atoms with Crippen molar-refractivity contribution in [2.24, 2.45) is 0 Å². The van der Waals surface area contributed by atoms with Crippen LogP contribution < -0.4 is 5.32 Å². The van der Waals surface area contributed by atoms with Crippen molar-refractivity contribution < 1.29 is 14.3 Å². The Morgan fingerprint density at radius 3 is 2.85 bits per heavy atom. The number of benzene rings is 2. The van der Waals surface area contributed by atoms with Gasteiger partial charge in [-0.1, -0.05) is 42.4 Å². The highest BCUT2D eigenvalue weighted by molar-refractivity contribution is 8.01. The lowest BCUT2D eigenvalue weighted by molar-refractivity contribution is -0.113. The van der Waals surface area contributed by atoms with E-state index in [-0.39, 0.29) is 22.2 Å². The van der Waals surface area contributed by atoms with Gasteiger partial charge in [0.15, 0.2) is 4.34 Å². The number of thiazole rings is 1. The molecule has 1 aromatic heterocycles. The Morgan fingerprint density at radius 1 is 1.26 bits per heavy atom. The number of fused-ring (bicyclic) bond motifs is 1. The summed E-state index contributed by atoms with van der Waals surface area (Å²) in [7, 11) is 0. The number of thioether (sulfide) groups is 1. The van der Waals surface area contributed by atoms with Gasteiger partial charge in [-0.3, -0.25) is 4.79 Å². The number of carbonyl (C=O) groups excluding carboxylic acids is 2. The number of amides is 1. The average molecular weight is 421 g/mol. The number of esters is 1. The number of carbonyl (C=O) groups is 2. The number of nitrogens with zero attached hydrogens (tertiary/aromatic N) is 1. The lowest BCUT2D eigenvalue weighted by Crippen LogP contribution is -2.15. The molecule has 0 unspecified atom stereocenters. The normalized spacial score (nSPS) is 10.7. The predicted molar refractivity (Wildman–Crippen MR) is 111 cm³/mol.